The molecule has 2 aliphatic rings. The Balaban J connectivity index is 1.40. The first-order valence-corrected chi connectivity index (χ1v) is 11.8. The second-order valence-electron chi connectivity index (χ2n) is 8.64. The lowest BCUT2D eigenvalue weighted by Crippen LogP contribution is -2.65. The van der Waals surface area contributed by atoms with Gasteiger partial charge in [-0.05, 0) is 54.1 Å². The van der Waals surface area contributed by atoms with Gasteiger partial charge < -0.3 is 24.1 Å². The highest BCUT2D eigenvalue weighted by molar-refractivity contribution is 5.79. The van der Waals surface area contributed by atoms with Crippen molar-refractivity contribution in [2.75, 3.05) is 26.9 Å². The van der Waals surface area contributed by atoms with Crippen LogP contribution < -0.4 is 19.6 Å². The molecule has 2 N–H and O–H groups in total. The summed E-state index contributed by atoms with van der Waals surface area (Å²) in [5.41, 5.74) is 2.57. The highest BCUT2D eigenvalue weighted by Gasteiger charge is 2.59. The molecule has 5 rings (SSSR count). The van der Waals surface area contributed by atoms with Gasteiger partial charge in [-0.3, -0.25) is 9.59 Å². The molecule has 3 aromatic carbocycles. The number of cyclic esters (lactones) is 1. The maximum absolute atomic E-state index is 13.1. The third-order valence-electron chi connectivity index (χ3n) is 6.41. The first-order chi connectivity index (χ1) is 18.0. The summed E-state index contributed by atoms with van der Waals surface area (Å²) in [4.78, 5) is 24.2. The van der Waals surface area contributed by atoms with E-state index in [4.69, 9.17) is 24.1 Å². The fourth-order valence-corrected chi connectivity index (χ4v) is 4.69. The zero-order chi connectivity index (χ0) is 25.8. The number of carboxylic acids is 1. The quantitative estimate of drug-likeness (QED) is 0.421. The highest BCUT2D eigenvalue weighted by Crippen LogP contribution is 2.44. The molecule has 0 saturated carbocycles. The Bertz CT molecular complexity index is 1240. The molecule has 2 aliphatic heterocycles. The van der Waals surface area contributed by atoms with Crippen LogP contribution in [0.2, 0.25) is 0 Å². The molecule has 2 atom stereocenters. The van der Waals surface area contributed by atoms with Gasteiger partial charge in [-0.1, -0.05) is 30.3 Å². The van der Waals surface area contributed by atoms with Crippen molar-refractivity contribution in [3.63, 3.8) is 0 Å². The average Bonchev–Trinajstić information content (AvgIpc) is 3.31. The van der Waals surface area contributed by atoms with Gasteiger partial charge in [-0.15, -0.1) is 5.12 Å². The van der Waals surface area contributed by atoms with Crippen molar-refractivity contribution in [2.45, 2.75) is 18.1 Å². The number of fused-ring (bicyclic) bond motifs is 1. The van der Waals surface area contributed by atoms with Gasteiger partial charge in [0.1, 0.15) is 29.5 Å². The molecule has 2 heterocycles. The van der Waals surface area contributed by atoms with Crippen molar-refractivity contribution in [1.82, 2.24) is 15.6 Å². The number of carboxylic acid groups (broad SMARTS) is 1. The number of benzene rings is 3. The number of aliphatic carboxylic acids is 1. The first-order valence-electron chi connectivity index (χ1n) is 11.8. The van der Waals surface area contributed by atoms with Gasteiger partial charge >= 0.3 is 11.9 Å². The van der Waals surface area contributed by atoms with Gasteiger partial charge in [0.05, 0.1) is 7.11 Å². The maximum atomic E-state index is 13.1. The van der Waals surface area contributed by atoms with E-state index in [9.17, 15) is 9.59 Å². The Labute approximate surface area is 213 Å². The number of hydrazine groups is 2. The van der Waals surface area contributed by atoms with Crippen LogP contribution in [0.1, 0.15) is 12.0 Å². The van der Waals surface area contributed by atoms with Crippen LogP contribution >= 0.6 is 0 Å². The summed E-state index contributed by atoms with van der Waals surface area (Å²) in [6.07, 6.45) is 0.478. The number of rotatable bonds is 9. The van der Waals surface area contributed by atoms with Gasteiger partial charge in [-0.25, -0.2) is 10.4 Å². The van der Waals surface area contributed by atoms with Crippen molar-refractivity contribution in [1.29, 1.82) is 0 Å². The zero-order valence-corrected chi connectivity index (χ0v) is 20.2. The second kappa shape index (κ2) is 10.5. The van der Waals surface area contributed by atoms with Crippen LogP contribution in [0.5, 0.6) is 23.0 Å². The normalized spacial score (nSPS) is 21.6. The topological polar surface area (TPSA) is 110 Å². The Morgan fingerprint density at radius 3 is 2.24 bits per heavy atom. The van der Waals surface area contributed by atoms with Gasteiger partial charge in [-0.2, -0.15) is 0 Å². The van der Waals surface area contributed by atoms with E-state index < -0.39 is 23.6 Å². The molecule has 0 amide bonds. The summed E-state index contributed by atoms with van der Waals surface area (Å²) in [5.74, 6) is 1.13. The summed E-state index contributed by atoms with van der Waals surface area (Å²) < 4.78 is 23.1. The predicted octanol–water partition coefficient (Wildman–Crippen LogP) is 3.16. The second-order valence-corrected chi connectivity index (χ2v) is 8.64. The van der Waals surface area contributed by atoms with Crippen LogP contribution in [0.3, 0.4) is 0 Å². The molecule has 0 radical (unpaired) electrons. The minimum absolute atomic E-state index is 0.0924. The fraction of sp³-hybridized carbons (Fsp3) is 0.259. The summed E-state index contributed by atoms with van der Waals surface area (Å²) in [6.45, 7) is 0.0560. The molecule has 192 valence electrons. The number of carbonyl (C=O) groups is 2. The number of methoxy groups -OCH3 is 1. The van der Waals surface area contributed by atoms with E-state index in [-0.39, 0.29) is 13.3 Å². The van der Waals surface area contributed by atoms with Crippen LogP contribution in [-0.4, -0.2) is 60.1 Å². The molecule has 3 aromatic rings. The van der Waals surface area contributed by atoms with Gasteiger partial charge in [0.2, 0.25) is 0 Å². The number of hydrogen-bond acceptors (Lipinski definition) is 9. The smallest absolute Gasteiger partial charge is 0.330 e. The Kier molecular flexibility index (Phi) is 6.95. The van der Waals surface area contributed by atoms with Crippen LogP contribution in [-0.2, 0) is 19.9 Å². The lowest BCUT2D eigenvalue weighted by Gasteiger charge is -2.43. The molecule has 0 aromatic heterocycles. The van der Waals surface area contributed by atoms with Crippen LogP contribution in [0.15, 0.2) is 78.9 Å². The summed E-state index contributed by atoms with van der Waals surface area (Å²) in [7, 11) is 1.61. The van der Waals surface area contributed by atoms with Crippen molar-refractivity contribution in [3.8, 4) is 23.0 Å². The average molecular weight is 506 g/mol. The standard InChI is InChI=1S/C27H27N3O7/c1-34-20-7-9-21(10-8-20)36-22-11-13-23(14-12-22)37-27(19-5-3-2-4-6-19)15-16-29-25(27)26(33)35-18-30(29)28-17-24(31)32/h2-14,25,28H,15-18H2,1H3,(H,31,32). The number of nitrogens with one attached hydrogen (secondary N) is 1. The van der Waals surface area contributed by atoms with Crippen LogP contribution in [0.25, 0.3) is 0 Å². The molecular formula is C27H27N3O7. The summed E-state index contributed by atoms with van der Waals surface area (Å²) >= 11 is 0. The number of ether oxygens (including phenoxy) is 4. The SMILES string of the molecule is COc1ccc(Oc2ccc(OC3(c4ccccc4)CCN4C3C(=O)OCN4NCC(=O)O)cc2)cc1. The molecular weight excluding hydrogens is 478 g/mol. The Morgan fingerprint density at radius 1 is 1.00 bits per heavy atom. The lowest BCUT2D eigenvalue weighted by atomic mass is 9.86. The molecule has 0 spiro atoms. The highest BCUT2D eigenvalue weighted by atomic mass is 16.6. The van der Waals surface area contributed by atoms with E-state index in [0.717, 1.165) is 11.3 Å². The lowest BCUT2D eigenvalue weighted by molar-refractivity contribution is -0.221. The number of nitrogens with zero attached hydrogens (tertiary/aromatic N) is 2. The van der Waals surface area contributed by atoms with Crippen LogP contribution in [0.4, 0.5) is 0 Å². The molecule has 2 unspecified atom stereocenters. The van der Waals surface area contributed by atoms with Crippen molar-refractivity contribution in [2.24, 2.45) is 0 Å². The monoisotopic (exact) mass is 505 g/mol. The Hall–Kier alpha value is -4.12. The van der Waals surface area contributed by atoms with E-state index in [2.05, 4.69) is 5.43 Å². The molecule has 0 bridgehead atoms. The Morgan fingerprint density at radius 2 is 1.62 bits per heavy atom. The third kappa shape index (κ3) is 5.08. The number of esters is 1. The molecule has 10 nitrogen and oxygen atoms in total. The largest absolute Gasteiger partial charge is 0.497 e. The van der Waals surface area contributed by atoms with Crippen molar-refractivity contribution < 1.29 is 33.6 Å². The maximum Gasteiger partial charge on any atom is 0.330 e. The van der Waals surface area contributed by atoms with E-state index in [0.29, 0.717) is 30.2 Å². The summed E-state index contributed by atoms with van der Waals surface area (Å²) in [6, 6.07) is 23.2. The summed E-state index contributed by atoms with van der Waals surface area (Å²) in [5, 5.41) is 12.4. The molecule has 2 saturated heterocycles. The van der Waals surface area contributed by atoms with Crippen LogP contribution in [0, 0.1) is 0 Å². The molecule has 2 fully saturated rings. The molecule has 10 heteroatoms. The minimum atomic E-state index is -1.06. The van der Waals surface area contributed by atoms with E-state index in [1.54, 1.807) is 36.4 Å². The first kappa shape index (κ1) is 24.6. The minimum Gasteiger partial charge on any atom is -0.497 e. The molecule has 37 heavy (non-hydrogen) atoms. The van der Waals surface area contributed by atoms with Crippen molar-refractivity contribution in [3.05, 3.63) is 84.4 Å². The fourth-order valence-electron chi connectivity index (χ4n) is 4.69. The van der Waals surface area contributed by atoms with Gasteiger partial charge in [0.25, 0.3) is 0 Å². The zero-order valence-electron chi connectivity index (χ0n) is 20.2. The van der Waals surface area contributed by atoms with Crippen molar-refractivity contribution >= 4 is 11.9 Å². The van der Waals surface area contributed by atoms with E-state index >= 15 is 0 Å². The number of hydrogen-bond donors (Lipinski definition) is 2. The third-order valence-corrected chi connectivity index (χ3v) is 6.41. The van der Waals surface area contributed by atoms with Gasteiger partial charge in [0, 0.05) is 13.0 Å². The van der Waals surface area contributed by atoms with E-state index in [1.807, 2.05) is 54.6 Å². The predicted molar refractivity (Wildman–Crippen MR) is 132 cm³/mol. The van der Waals surface area contributed by atoms with E-state index in [1.165, 1.54) is 5.12 Å². The number of carbonyl (C=O) groups excluding carboxylic acids is 1. The molecule has 0 aliphatic carbocycles. The van der Waals surface area contributed by atoms with Gasteiger partial charge in [0.15, 0.2) is 18.4 Å².